The molecular weight excluding hydrogens is 172 g/mol. The second-order valence-corrected chi connectivity index (χ2v) is 2.35. The van der Waals surface area contributed by atoms with E-state index in [1.165, 1.54) is 13.1 Å². The Morgan fingerprint density at radius 1 is 1.36 bits per heavy atom. The van der Waals surface area contributed by atoms with E-state index in [-0.39, 0.29) is 5.69 Å². The van der Waals surface area contributed by atoms with E-state index in [4.69, 9.17) is 11.6 Å². The van der Waals surface area contributed by atoms with Gasteiger partial charge in [-0.2, -0.15) is 0 Å². The molecule has 0 radical (unpaired) electrons. The van der Waals surface area contributed by atoms with Crippen molar-refractivity contribution in [2.45, 2.75) is 0 Å². The number of hydrogen-bond acceptors (Lipinski definition) is 1. The minimum absolute atomic E-state index is 0.191. The van der Waals surface area contributed by atoms with Crippen molar-refractivity contribution in [3.05, 3.63) is 28.8 Å². The molecule has 1 N–H and O–H groups in total. The van der Waals surface area contributed by atoms with Crippen LogP contribution in [0.15, 0.2) is 12.1 Å². The zero-order chi connectivity index (χ0) is 8.43. The van der Waals surface area contributed by atoms with Gasteiger partial charge in [0.1, 0.15) is 10.8 Å². The van der Waals surface area contributed by atoms with Crippen LogP contribution in [-0.2, 0) is 0 Å². The Balaban J connectivity index is 3.25. The van der Waals surface area contributed by atoms with E-state index in [0.29, 0.717) is 0 Å². The van der Waals surface area contributed by atoms with E-state index >= 15 is 0 Å². The quantitative estimate of drug-likeness (QED) is 0.651. The van der Waals surface area contributed by atoms with Crippen LogP contribution in [0, 0.1) is 11.6 Å². The standard InChI is InChI=1S/C7H6ClF2N/c1-11-5-3-2-4(9)6(8)7(5)10/h2-3,11H,1H3. The SMILES string of the molecule is CNc1ccc(F)c(Cl)c1F. The van der Waals surface area contributed by atoms with Gasteiger partial charge in [0, 0.05) is 7.05 Å². The molecule has 0 fully saturated rings. The van der Waals surface area contributed by atoms with Gasteiger partial charge in [-0.15, -0.1) is 0 Å². The Morgan fingerprint density at radius 2 is 2.00 bits per heavy atom. The minimum atomic E-state index is -0.755. The monoisotopic (exact) mass is 177 g/mol. The highest BCUT2D eigenvalue weighted by atomic mass is 35.5. The molecule has 0 aromatic heterocycles. The highest BCUT2D eigenvalue weighted by molar-refractivity contribution is 6.31. The molecule has 0 aliphatic heterocycles. The first kappa shape index (κ1) is 8.27. The molecule has 0 saturated heterocycles. The van der Waals surface area contributed by atoms with Gasteiger partial charge in [0.15, 0.2) is 5.82 Å². The molecule has 11 heavy (non-hydrogen) atoms. The molecule has 0 atom stereocenters. The van der Waals surface area contributed by atoms with Gasteiger partial charge < -0.3 is 5.32 Å². The van der Waals surface area contributed by atoms with Crippen molar-refractivity contribution in [1.82, 2.24) is 0 Å². The summed E-state index contributed by atoms with van der Waals surface area (Å²) in [5, 5.41) is 2.06. The molecule has 0 heterocycles. The summed E-state index contributed by atoms with van der Waals surface area (Å²) < 4.78 is 25.3. The molecule has 0 saturated carbocycles. The van der Waals surface area contributed by atoms with Crippen LogP contribution in [-0.4, -0.2) is 7.05 Å². The van der Waals surface area contributed by atoms with E-state index in [1.54, 1.807) is 0 Å². The minimum Gasteiger partial charge on any atom is -0.386 e. The number of hydrogen-bond donors (Lipinski definition) is 1. The summed E-state index contributed by atoms with van der Waals surface area (Å²) in [7, 11) is 1.53. The summed E-state index contributed by atoms with van der Waals surface area (Å²) in [6.45, 7) is 0. The van der Waals surface area contributed by atoms with Crippen molar-refractivity contribution in [3.63, 3.8) is 0 Å². The molecule has 1 aromatic carbocycles. The second-order valence-electron chi connectivity index (χ2n) is 1.97. The van der Waals surface area contributed by atoms with Crippen LogP contribution < -0.4 is 5.32 Å². The topological polar surface area (TPSA) is 12.0 Å². The molecule has 0 bridgehead atoms. The fourth-order valence-corrected chi connectivity index (χ4v) is 0.884. The van der Waals surface area contributed by atoms with Crippen molar-refractivity contribution < 1.29 is 8.78 Å². The molecule has 4 heteroatoms. The first-order chi connectivity index (χ1) is 5.16. The third-order valence-electron chi connectivity index (χ3n) is 1.30. The third-order valence-corrected chi connectivity index (χ3v) is 1.65. The fraction of sp³-hybridized carbons (Fsp3) is 0.143. The summed E-state index contributed by atoms with van der Waals surface area (Å²) >= 11 is 5.27. The molecule has 0 aliphatic carbocycles. The molecule has 0 spiro atoms. The predicted octanol–water partition coefficient (Wildman–Crippen LogP) is 2.66. The Bertz CT molecular complexity index is 275. The highest BCUT2D eigenvalue weighted by Crippen LogP contribution is 2.24. The third kappa shape index (κ3) is 1.43. The highest BCUT2D eigenvalue weighted by Gasteiger charge is 2.09. The first-order valence-electron chi connectivity index (χ1n) is 2.98. The largest absolute Gasteiger partial charge is 0.386 e. The van der Waals surface area contributed by atoms with Crippen molar-refractivity contribution in [2.24, 2.45) is 0 Å². The molecule has 0 amide bonds. The molecule has 0 aliphatic rings. The Kier molecular flexibility index (Phi) is 2.29. The lowest BCUT2D eigenvalue weighted by Crippen LogP contribution is -1.94. The summed E-state index contributed by atoms with van der Waals surface area (Å²) in [5.74, 6) is -1.50. The van der Waals surface area contributed by atoms with Gasteiger partial charge in [-0.3, -0.25) is 0 Å². The van der Waals surface area contributed by atoms with Crippen LogP contribution in [0.3, 0.4) is 0 Å². The van der Waals surface area contributed by atoms with Gasteiger partial charge in [0.2, 0.25) is 0 Å². The van der Waals surface area contributed by atoms with Crippen LogP contribution in [0.4, 0.5) is 14.5 Å². The Morgan fingerprint density at radius 3 is 2.55 bits per heavy atom. The summed E-state index contributed by atoms with van der Waals surface area (Å²) in [4.78, 5) is 0. The predicted molar refractivity (Wildman–Crippen MR) is 40.9 cm³/mol. The molecular formula is C7H6ClF2N. The zero-order valence-corrected chi connectivity index (χ0v) is 6.54. The van der Waals surface area contributed by atoms with Crippen molar-refractivity contribution in [1.29, 1.82) is 0 Å². The second kappa shape index (κ2) is 3.05. The number of halogens is 3. The van der Waals surface area contributed by atoms with Crippen LogP contribution in [0.5, 0.6) is 0 Å². The normalized spacial score (nSPS) is 9.82. The fourth-order valence-electron chi connectivity index (χ4n) is 0.719. The maximum Gasteiger partial charge on any atom is 0.167 e. The van der Waals surface area contributed by atoms with Crippen molar-refractivity contribution in [3.8, 4) is 0 Å². The van der Waals surface area contributed by atoms with Crippen molar-refractivity contribution in [2.75, 3.05) is 12.4 Å². The van der Waals surface area contributed by atoms with E-state index in [1.807, 2.05) is 0 Å². The first-order valence-corrected chi connectivity index (χ1v) is 3.36. The number of benzene rings is 1. The van der Waals surface area contributed by atoms with Crippen LogP contribution in [0.1, 0.15) is 0 Å². The van der Waals surface area contributed by atoms with E-state index in [9.17, 15) is 8.78 Å². The maximum absolute atomic E-state index is 12.8. The molecule has 1 aromatic rings. The Hall–Kier alpha value is -0.830. The summed E-state index contributed by atoms with van der Waals surface area (Å²) in [6.07, 6.45) is 0. The van der Waals surface area contributed by atoms with Crippen molar-refractivity contribution >= 4 is 17.3 Å². The van der Waals surface area contributed by atoms with Gasteiger partial charge in [0.25, 0.3) is 0 Å². The number of rotatable bonds is 1. The molecule has 1 rings (SSSR count). The van der Waals surface area contributed by atoms with Gasteiger partial charge in [-0.1, -0.05) is 11.6 Å². The lowest BCUT2D eigenvalue weighted by atomic mass is 10.3. The molecule has 0 unspecified atom stereocenters. The van der Waals surface area contributed by atoms with Crippen LogP contribution in [0.25, 0.3) is 0 Å². The number of nitrogens with one attached hydrogen (secondary N) is 1. The van der Waals surface area contributed by atoms with Crippen LogP contribution in [0.2, 0.25) is 5.02 Å². The molecule has 1 nitrogen and oxygen atoms in total. The zero-order valence-electron chi connectivity index (χ0n) is 5.79. The summed E-state index contributed by atoms with van der Waals surface area (Å²) in [6, 6.07) is 2.40. The van der Waals surface area contributed by atoms with Gasteiger partial charge in [-0.05, 0) is 12.1 Å². The maximum atomic E-state index is 12.8. The summed E-state index contributed by atoms with van der Waals surface area (Å²) in [5.41, 5.74) is 0.191. The van der Waals surface area contributed by atoms with E-state index in [2.05, 4.69) is 5.32 Å². The lowest BCUT2D eigenvalue weighted by molar-refractivity contribution is 0.586. The molecule has 60 valence electrons. The van der Waals surface area contributed by atoms with Gasteiger partial charge in [0.05, 0.1) is 5.69 Å². The van der Waals surface area contributed by atoms with E-state index in [0.717, 1.165) is 6.07 Å². The average molecular weight is 178 g/mol. The smallest absolute Gasteiger partial charge is 0.167 e. The lowest BCUT2D eigenvalue weighted by Gasteiger charge is -2.02. The van der Waals surface area contributed by atoms with Gasteiger partial charge >= 0.3 is 0 Å². The van der Waals surface area contributed by atoms with Crippen LogP contribution >= 0.6 is 11.6 Å². The van der Waals surface area contributed by atoms with Gasteiger partial charge in [-0.25, -0.2) is 8.78 Å². The Labute approximate surface area is 68.0 Å². The number of anilines is 1. The average Bonchev–Trinajstić information content (AvgIpc) is 2.01. The van der Waals surface area contributed by atoms with E-state index < -0.39 is 16.7 Å².